The highest BCUT2D eigenvalue weighted by molar-refractivity contribution is 7.99. The fourth-order valence-corrected chi connectivity index (χ4v) is 3.24. The van der Waals surface area contributed by atoms with Crippen molar-refractivity contribution in [2.24, 2.45) is 5.73 Å². The first-order valence-electron chi connectivity index (χ1n) is 8.02. The molecule has 0 amide bonds. The van der Waals surface area contributed by atoms with Gasteiger partial charge in [0.25, 0.3) is 0 Å². The maximum absolute atomic E-state index is 13.5. The van der Waals surface area contributed by atoms with E-state index in [4.69, 9.17) is 10.8 Å². The number of thioether (sulfide) groups is 1. The third-order valence-electron chi connectivity index (χ3n) is 3.71. The number of aliphatic hydroxyl groups is 2. The van der Waals surface area contributed by atoms with Gasteiger partial charge in [-0.1, -0.05) is 18.2 Å². The van der Waals surface area contributed by atoms with E-state index < -0.39 is 30.1 Å². The Hall–Kier alpha value is -1.75. The molecule has 0 aliphatic carbocycles. The molecule has 27 heavy (non-hydrogen) atoms. The molecule has 0 bridgehead atoms. The lowest BCUT2D eigenvalue weighted by atomic mass is 9.98. The first-order valence-corrected chi connectivity index (χ1v) is 9.18. The van der Waals surface area contributed by atoms with Gasteiger partial charge in [-0.3, -0.25) is 0 Å². The zero-order valence-electron chi connectivity index (χ0n) is 14.7. The number of hydrogen-bond donors (Lipinski definition) is 3. The number of fused-ring (bicyclic) bond motifs is 1. The molecule has 2 unspecified atom stereocenters. The predicted molar refractivity (Wildman–Crippen MR) is 98.2 cm³/mol. The number of rotatable bonds is 8. The van der Waals surface area contributed by atoms with Crippen molar-refractivity contribution >= 4 is 29.0 Å². The van der Waals surface area contributed by atoms with Gasteiger partial charge in [-0.2, -0.15) is 24.9 Å². The topological polar surface area (TPSA) is 109 Å². The highest BCUT2D eigenvalue weighted by Gasteiger charge is 2.56. The average Bonchev–Trinajstić information content (AvgIpc) is 2.67. The Morgan fingerprint density at radius 1 is 1.26 bits per heavy atom. The summed E-state index contributed by atoms with van der Waals surface area (Å²) < 4.78 is 40.4. The van der Waals surface area contributed by atoms with Crippen LogP contribution < -0.4 is 5.73 Å². The van der Waals surface area contributed by atoms with Crippen molar-refractivity contribution in [2.45, 2.75) is 30.7 Å². The van der Waals surface area contributed by atoms with Crippen molar-refractivity contribution < 1.29 is 28.2 Å². The molecule has 0 aliphatic rings. The van der Waals surface area contributed by atoms with Crippen LogP contribution in [0.5, 0.6) is 0 Å². The Kier molecular flexibility index (Phi) is 9.10. The second-order valence-electron chi connectivity index (χ2n) is 5.56. The van der Waals surface area contributed by atoms with Crippen LogP contribution in [0.4, 0.5) is 13.2 Å². The van der Waals surface area contributed by atoms with Crippen LogP contribution in [0, 0.1) is 0 Å². The van der Waals surface area contributed by atoms with E-state index in [2.05, 4.69) is 9.97 Å². The molecule has 0 saturated heterocycles. The molecule has 6 nitrogen and oxygen atoms in total. The molecule has 0 spiro atoms. The van der Waals surface area contributed by atoms with Gasteiger partial charge >= 0.3 is 6.18 Å². The zero-order valence-corrected chi connectivity index (χ0v) is 15.5. The molecule has 1 aromatic carbocycles. The molecule has 10 heteroatoms. The first kappa shape index (κ1) is 23.3. The van der Waals surface area contributed by atoms with Crippen molar-refractivity contribution in [1.82, 2.24) is 9.97 Å². The minimum Gasteiger partial charge on any atom is -0.400 e. The van der Waals surface area contributed by atoms with Gasteiger partial charge < -0.3 is 20.7 Å². The number of aliphatic hydroxyl groups excluding tert-OH is 1. The van der Waals surface area contributed by atoms with E-state index in [0.717, 1.165) is 7.11 Å². The van der Waals surface area contributed by atoms with E-state index in [9.17, 15) is 23.1 Å². The van der Waals surface area contributed by atoms with Crippen molar-refractivity contribution in [1.29, 1.82) is 0 Å². The summed E-state index contributed by atoms with van der Waals surface area (Å²) in [6.07, 6.45) is -3.27. The summed E-state index contributed by atoms with van der Waals surface area (Å²) in [5, 5.41) is 17.9. The Labute approximate surface area is 159 Å². The third-order valence-corrected chi connectivity index (χ3v) is 4.72. The monoisotopic (exact) mass is 405 g/mol. The van der Waals surface area contributed by atoms with Crippen LogP contribution in [0.1, 0.15) is 18.7 Å². The Morgan fingerprint density at radius 2 is 1.93 bits per heavy atom. The number of carbonyl (C=O) groups excluding carboxylic acids is 1. The van der Waals surface area contributed by atoms with Crippen LogP contribution in [0.15, 0.2) is 30.5 Å². The van der Waals surface area contributed by atoms with E-state index >= 15 is 0 Å². The van der Waals surface area contributed by atoms with Crippen LogP contribution >= 0.6 is 11.8 Å². The second-order valence-corrected chi connectivity index (χ2v) is 6.79. The minimum atomic E-state index is -4.91. The largest absolute Gasteiger partial charge is 0.424 e. The number of aromatic nitrogens is 2. The average molecular weight is 405 g/mol. The van der Waals surface area contributed by atoms with Gasteiger partial charge in [0.2, 0.25) is 5.60 Å². The lowest BCUT2D eigenvalue weighted by Gasteiger charge is -2.29. The van der Waals surface area contributed by atoms with E-state index in [-0.39, 0.29) is 5.75 Å². The van der Waals surface area contributed by atoms with E-state index in [1.165, 1.54) is 18.0 Å². The van der Waals surface area contributed by atoms with Gasteiger partial charge in [-0.25, -0.2) is 9.97 Å². The normalized spacial score (nSPS) is 14.8. The SMILES string of the molecule is CO.NC(C=O)CCSCCC(O)(c1ncc2ccccc2n1)C(F)(F)F. The van der Waals surface area contributed by atoms with E-state index in [1.807, 2.05) is 0 Å². The Bertz CT molecular complexity index is 733. The number of hydrogen-bond acceptors (Lipinski definition) is 7. The van der Waals surface area contributed by atoms with Gasteiger partial charge in [0.1, 0.15) is 6.29 Å². The lowest BCUT2D eigenvalue weighted by molar-refractivity contribution is -0.270. The molecule has 0 fully saturated rings. The fraction of sp³-hybridized carbons (Fsp3) is 0.471. The van der Waals surface area contributed by atoms with Crippen LogP contribution in [-0.2, 0) is 10.4 Å². The van der Waals surface area contributed by atoms with E-state index in [1.54, 1.807) is 24.3 Å². The summed E-state index contributed by atoms with van der Waals surface area (Å²) in [5.41, 5.74) is 2.63. The first-order chi connectivity index (χ1) is 12.8. The number of benzene rings is 1. The van der Waals surface area contributed by atoms with Gasteiger partial charge in [0.15, 0.2) is 5.82 Å². The molecule has 0 aliphatic heterocycles. The highest BCUT2D eigenvalue weighted by atomic mass is 32.2. The van der Waals surface area contributed by atoms with Crippen LogP contribution in [0.3, 0.4) is 0 Å². The molecular formula is C17H22F3N3O3S. The minimum absolute atomic E-state index is 0.0256. The summed E-state index contributed by atoms with van der Waals surface area (Å²) >= 11 is 1.18. The number of nitrogens with zero attached hydrogens (tertiary/aromatic N) is 2. The number of nitrogens with two attached hydrogens (primary N) is 1. The molecule has 4 N–H and O–H groups in total. The number of halogens is 3. The van der Waals surface area contributed by atoms with Gasteiger partial charge in [-0.15, -0.1) is 0 Å². The van der Waals surface area contributed by atoms with Crippen LogP contribution in [0.2, 0.25) is 0 Å². The summed E-state index contributed by atoms with van der Waals surface area (Å²) in [7, 11) is 1.00. The number of para-hydroxylation sites is 1. The van der Waals surface area contributed by atoms with Crippen molar-refractivity contribution in [2.75, 3.05) is 18.6 Å². The molecule has 0 saturated carbocycles. The number of alkyl halides is 3. The van der Waals surface area contributed by atoms with Crippen LogP contribution in [0.25, 0.3) is 10.9 Å². The molecule has 0 radical (unpaired) electrons. The van der Waals surface area contributed by atoms with Crippen molar-refractivity contribution in [3.8, 4) is 0 Å². The standard InChI is InChI=1S/C16H18F3N3O2S.CH4O/c17-16(18,19)15(24,6-8-25-7-5-12(20)10-23)14-21-9-11-3-1-2-4-13(11)22-14;1-2/h1-4,9-10,12,24H,5-8,20H2;2H,1H3. The summed E-state index contributed by atoms with van der Waals surface area (Å²) in [6.45, 7) is 0. The molecular weight excluding hydrogens is 383 g/mol. The van der Waals surface area contributed by atoms with Gasteiger partial charge in [0, 0.05) is 25.1 Å². The van der Waals surface area contributed by atoms with Crippen LogP contribution in [-0.4, -0.2) is 57.3 Å². The predicted octanol–water partition coefficient (Wildman–Crippen LogP) is 2.03. The summed E-state index contributed by atoms with van der Waals surface area (Å²) in [5.74, 6) is -0.214. The molecule has 2 rings (SSSR count). The van der Waals surface area contributed by atoms with Crippen molar-refractivity contribution in [3.05, 3.63) is 36.3 Å². The molecule has 150 valence electrons. The van der Waals surface area contributed by atoms with Crippen molar-refractivity contribution in [3.63, 3.8) is 0 Å². The van der Waals surface area contributed by atoms with Gasteiger partial charge in [-0.05, 0) is 24.0 Å². The quantitative estimate of drug-likeness (QED) is 0.455. The fourth-order valence-electron chi connectivity index (χ4n) is 2.16. The number of aldehydes is 1. The Morgan fingerprint density at radius 3 is 2.56 bits per heavy atom. The molecule has 1 heterocycles. The maximum Gasteiger partial charge on any atom is 0.424 e. The lowest BCUT2D eigenvalue weighted by Crippen LogP contribution is -2.44. The number of carbonyl (C=O) groups is 1. The second kappa shape index (κ2) is 10.5. The molecule has 2 atom stereocenters. The highest BCUT2D eigenvalue weighted by Crippen LogP contribution is 2.41. The maximum atomic E-state index is 13.5. The van der Waals surface area contributed by atoms with Gasteiger partial charge in [0.05, 0.1) is 11.6 Å². The smallest absolute Gasteiger partial charge is 0.400 e. The molecule has 1 aromatic heterocycles. The third kappa shape index (κ3) is 6.13. The summed E-state index contributed by atoms with van der Waals surface area (Å²) in [6, 6.07) is 5.99. The Balaban J connectivity index is 0.00000176. The molecule has 2 aromatic rings. The zero-order chi connectivity index (χ0) is 20.5. The van der Waals surface area contributed by atoms with E-state index in [0.29, 0.717) is 29.4 Å². The summed E-state index contributed by atoms with van der Waals surface area (Å²) in [4.78, 5) is 18.0.